The average molecular weight is 222 g/mol. The van der Waals surface area contributed by atoms with Crippen molar-refractivity contribution in [3.8, 4) is 0 Å². The number of hydrogen-bond acceptors (Lipinski definition) is 1. The van der Waals surface area contributed by atoms with E-state index in [0.717, 1.165) is 37.7 Å². The van der Waals surface area contributed by atoms with Crippen LogP contribution in [0, 0.1) is 5.41 Å². The molecule has 0 heterocycles. The van der Waals surface area contributed by atoms with E-state index in [1.165, 1.54) is 5.57 Å². The van der Waals surface area contributed by atoms with Crippen LogP contribution in [0.25, 0.3) is 0 Å². The van der Waals surface area contributed by atoms with E-state index < -0.39 is 0 Å². The molecule has 1 unspecified atom stereocenters. The number of allylic oxidation sites excluding steroid dienone is 3. The second kappa shape index (κ2) is 5.67. The molecule has 0 aromatic heterocycles. The molecule has 1 N–H and O–H groups in total. The first-order valence-electron chi connectivity index (χ1n) is 6.41. The van der Waals surface area contributed by atoms with Crippen LogP contribution in [0.5, 0.6) is 0 Å². The second-order valence-electron chi connectivity index (χ2n) is 5.96. The van der Waals surface area contributed by atoms with Gasteiger partial charge in [-0.25, -0.2) is 0 Å². The minimum atomic E-state index is -0.238. The van der Waals surface area contributed by atoms with Crippen LogP contribution in [-0.2, 0) is 0 Å². The lowest BCUT2D eigenvalue weighted by Crippen LogP contribution is -2.16. The molecule has 1 heteroatoms. The van der Waals surface area contributed by atoms with Gasteiger partial charge in [0.25, 0.3) is 0 Å². The van der Waals surface area contributed by atoms with Crippen molar-refractivity contribution < 1.29 is 5.11 Å². The van der Waals surface area contributed by atoms with Crippen LogP contribution in [-0.4, -0.2) is 11.2 Å². The van der Waals surface area contributed by atoms with Gasteiger partial charge < -0.3 is 5.11 Å². The molecule has 0 saturated carbocycles. The Kier molecular flexibility index (Phi) is 4.79. The predicted molar refractivity (Wildman–Crippen MR) is 70.4 cm³/mol. The minimum Gasteiger partial charge on any atom is -0.389 e. The summed E-state index contributed by atoms with van der Waals surface area (Å²) in [5.74, 6) is 0. The molecule has 0 aromatic carbocycles. The zero-order chi connectivity index (χ0) is 12.2. The van der Waals surface area contributed by atoms with Crippen molar-refractivity contribution in [2.24, 2.45) is 5.41 Å². The Morgan fingerprint density at radius 1 is 1.25 bits per heavy atom. The van der Waals surface area contributed by atoms with E-state index in [9.17, 15) is 5.11 Å². The summed E-state index contributed by atoms with van der Waals surface area (Å²) in [5.41, 5.74) is 2.94. The van der Waals surface area contributed by atoms with Crippen molar-refractivity contribution in [2.45, 2.75) is 65.9 Å². The Morgan fingerprint density at radius 2 is 1.94 bits per heavy atom. The SMILES string of the molecule is C/C1=C\CC(C)(C)CCC(O)/C(C)=C/CC1. The van der Waals surface area contributed by atoms with Gasteiger partial charge in [-0.3, -0.25) is 0 Å². The molecule has 0 spiro atoms. The maximum absolute atomic E-state index is 10.0. The first-order valence-corrected chi connectivity index (χ1v) is 6.41. The van der Waals surface area contributed by atoms with Crippen LogP contribution < -0.4 is 0 Å². The zero-order valence-electron chi connectivity index (χ0n) is 11.2. The van der Waals surface area contributed by atoms with Gasteiger partial charge in [-0.05, 0) is 56.9 Å². The number of aliphatic hydroxyl groups excluding tert-OH is 1. The van der Waals surface area contributed by atoms with E-state index in [4.69, 9.17) is 0 Å². The summed E-state index contributed by atoms with van der Waals surface area (Å²) in [6.07, 6.45) is 9.63. The summed E-state index contributed by atoms with van der Waals surface area (Å²) in [6, 6.07) is 0. The highest BCUT2D eigenvalue weighted by molar-refractivity contribution is 5.08. The third kappa shape index (κ3) is 4.52. The first kappa shape index (κ1) is 13.5. The van der Waals surface area contributed by atoms with Gasteiger partial charge in [-0.15, -0.1) is 0 Å². The highest BCUT2D eigenvalue weighted by Gasteiger charge is 2.19. The number of hydrogen-bond donors (Lipinski definition) is 1. The lowest BCUT2D eigenvalue weighted by Gasteiger charge is -2.24. The fraction of sp³-hybridized carbons (Fsp3) is 0.733. The molecule has 1 aliphatic carbocycles. The number of rotatable bonds is 0. The predicted octanol–water partition coefficient (Wildman–Crippen LogP) is 4.23. The van der Waals surface area contributed by atoms with Gasteiger partial charge in [0.05, 0.1) is 6.10 Å². The summed E-state index contributed by atoms with van der Waals surface area (Å²) in [7, 11) is 0. The van der Waals surface area contributed by atoms with Gasteiger partial charge >= 0.3 is 0 Å². The van der Waals surface area contributed by atoms with Crippen molar-refractivity contribution in [3.05, 3.63) is 23.3 Å². The Labute approximate surface area is 100 Å². The van der Waals surface area contributed by atoms with Crippen LogP contribution in [0.2, 0.25) is 0 Å². The van der Waals surface area contributed by atoms with Gasteiger partial charge in [-0.2, -0.15) is 0 Å². The van der Waals surface area contributed by atoms with Gasteiger partial charge in [0.1, 0.15) is 0 Å². The molecular formula is C15H26O. The fourth-order valence-corrected chi connectivity index (χ4v) is 2.07. The molecular weight excluding hydrogens is 196 g/mol. The summed E-state index contributed by atoms with van der Waals surface area (Å²) >= 11 is 0. The van der Waals surface area contributed by atoms with Gasteiger partial charge in [0, 0.05) is 0 Å². The molecule has 1 atom stereocenters. The Balaban J connectivity index is 2.76. The van der Waals surface area contributed by atoms with Crippen molar-refractivity contribution in [3.63, 3.8) is 0 Å². The van der Waals surface area contributed by atoms with E-state index in [-0.39, 0.29) is 6.10 Å². The quantitative estimate of drug-likeness (QED) is 0.608. The first-order chi connectivity index (χ1) is 7.41. The highest BCUT2D eigenvalue weighted by atomic mass is 16.3. The second-order valence-corrected chi connectivity index (χ2v) is 5.96. The molecule has 1 nitrogen and oxygen atoms in total. The molecule has 92 valence electrons. The van der Waals surface area contributed by atoms with Crippen LogP contribution in [0.15, 0.2) is 23.3 Å². The molecule has 0 saturated heterocycles. The van der Waals surface area contributed by atoms with E-state index in [0.29, 0.717) is 5.41 Å². The van der Waals surface area contributed by atoms with Crippen molar-refractivity contribution in [2.75, 3.05) is 0 Å². The minimum absolute atomic E-state index is 0.238. The normalized spacial score (nSPS) is 34.2. The van der Waals surface area contributed by atoms with Crippen LogP contribution >= 0.6 is 0 Å². The Morgan fingerprint density at radius 3 is 2.62 bits per heavy atom. The van der Waals surface area contributed by atoms with Gasteiger partial charge in [-0.1, -0.05) is 31.6 Å². The topological polar surface area (TPSA) is 20.2 Å². The fourth-order valence-electron chi connectivity index (χ4n) is 2.07. The molecule has 1 rings (SSSR count). The van der Waals surface area contributed by atoms with Crippen LogP contribution in [0.3, 0.4) is 0 Å². The van der Waals surface area contributed by atoms with Crippen molar-refractivity contribution in [1.82, 2.24) is 0 Å². The van der Waals surface area contributed by atoms with Crippen LogP contribution in [0.4, 0.5) is 0 Å². The summed E-state index contributed by atoms with van der Waals surface area (Å²) in [4.78, 5) is 0. The van der Waals surface area contributed by atoms with E-state index in [1.54, 1.807) is 0 Å². The molecule has 0 radical (unpaired) electrons. The summed E-state index contributed by atoms with van der Waals surface area (Å²) in [6.45, 7) is 8.85. The zero-order valence-corrected chi connectivity index (χ0v) is 11.2. The van der Waals surface area contributed by atoms with E-state index >= 15 is 0 Å². The monoisotopic (exact) mass is 222 g/mol. The lowest BCUT2D eigenvalue weighted by atomic mass is 9.82. The Hall–Kier alpha value is -0.560. The summed E-state index contributed by atoms with van der Waals surface area (Å²) < 4.78 is 0. The molecule has 16 heavy (non-hydrogen) atoms. The highest BCUT2D eigenvalue weighted by Crippen LogP contribution is 2.30. The molecule has 0 aliphatic heterocycles. The standard InChI is InChI=1S/C15H26O/c1-12-6-5-7-13(2)14(16)9-11-15(3,4)10-8-12/h7-8,14,16H,5-6,9-11H2,1-4H3/b12-8+,13-7+. The van der Waals surface area contributed by atoms with E-state index in [1.807, 2.05) is 0 Å². The van der Waals surface area contributed by atoms with Crippen molar-refractivity contribution in [1.29, 1.82) is 0 Å². The Bertz CT molecular complexity index is 284. The summed E-state index contributed by atoms with van der Waals surface area (Å²) in [5, 5.41) is 10.0. The molecule has 0 bridgehead atoms. The van der Waals surface area contributed by atoms with E-state index in [2.05, 4.69) is 39.8 Å². The molecule has 0 aromatic rings. The average Bonchev–Trinajstić information content (AvgIpc) is 2.23. The maximum atomic E-state index is 10.0. The molecule has 1 aliphatic rings. The van der Waals surface area contributed by atoms with Crippen LogP contribution in [0.1, 0.15) is 59.8 Å². The van der Waals surface area contributed by atoms with Crippen molar-refractivity contribution >= 4 is 0 Å². The molecule has 0 amide bonds. The van der Waals surface area contributed by atoms with Gasteiger partial charge in [0.2, 0.25) is 0 Å². The largest absolute Gasteiger partial charge is 0.389 e. The smallest absolute Gasteiger partial charge is 0.0747 e. The third-order valence-electron chi connectivity index (χ3n) is 3.63. The lowest BCUT2D eigenvalue weighted by molar-refractivity contribution is 0.173. The van der Waals surface area contributed by atoms with Gasteiger partial charge in [0.15, 0.2) is 0 Å². The third-order valence-corrected chi connectivity index (χ3v) is 3.63. The molecule has 0 fully saturated rings. The maximum Gasteiger partial charge on any atom is 0.0747 e. The number of aliphatic hydroxyl groups is 1.